The first-order chi connectivity index (χ1) is 22.7. The first-order valence-corrected chi connectivity index (χ1v) is 15.3. The summed E-state index contributed by atoms with van der Waals surface area (Å²) < 4.78 is 0. The van der Waals surface area contributed by atoms with E-state index in [4.69, 9.17) is 9.97 Å². The Hall–Kier alpha value is -6.26. The smallest absolute Gasteiger partial charge is 0.145 e. The molecule has 2 aromatic heterocycles. The number of aromatic hydroxyl groups is 1. The number of hydrogen-bond donors (Lipinski definition) is 1. The lowest BCUT2D eigenvalue weighted by atomic mass is 9.97. The summed E-state index contributed by atoms with van der Waals surface area (Å²) in [6.45, 7) is 0. The Balaban J connectivity index is 1.33. The van der Waals surface area contributed by atoms with E-state index in [0.29, 0.717) is 5.56 Å². The molecule has 4 heteroatoms. The van der Waals surface area contributed by atoms with Gasteiger partial charge in [0.25, 0.3) is 0 Å². The van der Waals surface area contributed by atoms with Crippen molar-refractivity contribution in [2.45, 2.75) is 0 Å². The van der Waals surface area contributed by atoms with E-state index in [1.807, 2.05) is 42.6 Å². The minimum atomic E-state index is 0.197. The Bertz CT molecular complexity index is 2260. The number of rotatable bonds is 6. The van der Waals surface area contributed by atoms with Gasteiger partial charge in [-0.25, -0.2) is 9.97 Å². The number of hydrogen-bond acceptors (Lipinski definition) is 4. The van der Waals surface area contributed by atoms with Crippen LogP contribution in [-0.2, 0) is 0 Å². The van der Waals surface area contributed by atoms with E-state index in [0.717, 1.165) is 66.8 Å². The molecule has 6 aromatic carbocycles. The number of fused-ring (bicyclic) bond motifs is 2. The first-order valence-electron chi connectivity index (χ1n) is 15.3. The Kier molecular flexibility index (Phi) is 6.93. The van der Waals surface area contributed by atoms with Crippen molar-refractivity contribution in [3.05, 3.63) is 170 Å². The Morgan fingerprint density at radius 1 is 0.500 bits per heavy atom. The van der Waals surface area contributed by atoms with Crippen molar-refractivity contribution in [1.82, 2.24) is 9.97 Å². The van der Waals surface area contributed by atoms with Crippen molar-refractivity contribution in [2.24, 2.45) is 0 Å². The molecule has 8 rings (SSSR count). The summed E-state index contributed by atoms with van der Waals surface area (Å²) in [4.78, 5) is 12.4. The molecule has 0 radical (unpaired) electrons. The number of aromatic nitrogens is 2. The molecular weight excluding hydrogens is 562 g/mol. The van der Waals surface area contributed by atoms with E-state index in [-0.39, 0.29) is 5.75 Å². The molecule has 0 aliphatic heterocycles. The molecule has 0 spiro atoms. The summed E-state index contributed by atoms with van der Waals surface area (Å²) in [7, 11) is 0. The predicted octanol–water partition coefficient (Wildman–Crippen LogP) is 11.0. The van der Waals surface area contributed by atoms with Crippen molar-refractivity contribution in [1.29, 1.82) is 0 Å². The minimum absolute atomic E-state index is 0.197. The van der Waals surface area contributed by atoms with E-state index >= 15 is 0 Å². The van der Waals surface area contributed by atoms with E-state index in [2.05, 4.69) is 126 Å². The number of phenolic OH excluding ortho intramolecular Hbond substituents is 1. The third-order valence-electron chi connectivity index (χ3n) is 8.41. The summed E-state index contributed by atoms with van der Waals surface area (Å²) in [5.41, 5.74) is 7.20. The summed E-state index contributed by atoms with van der Waals surface area (Å²) in [6, 6.07) is 55.4. The second-order valence-electron chi connectivity index (χ2n) is 11.2. The number of phenols is 1. The molecule has 0 atom stereocenters. The molecule has 0 amide bonds. The zero-order chi connectivity index (χ0) is 30.9. The molecule has 0 unspecified atom stereocenters. The van der Waals surface area contributed by atoms with Gasteiger partial charge in [-0.05, 0) is 58.8 Å². The summed E-state index contributed by atoms with van der Waals surface area (Å²) in [5.74, 6) is 1.05. The van der Waals surface area contributed by atoms with Gasteiger partial charge in [0.05, 0.1) is 17.1 Å². The van der Waals surface area contributed by atoms with E-state index in [1.54, 1.807) is 6.07 Å². The third-order valence-corrected chi connectivity index (χ3v) is 8.41. The highest BCUT2D eigenvalue weighted by Gasteiger charge is 2.20. The fourth-order valence-corrected chi connectivity index (χ4v) is 6.21. The maximum atomic E-state index is 10.9. The Labute approximate surface area is 267 Å². The van der Waals surface area contributed by atoms with Gasteiger partial charge in [0.1, 0.15) is 11.6 Å². The van der Waals surface area contributed by atoms with Crippen molar-refractivity contribution >= 4 is 38.7 Å². The molecular formula is C42H29N3O. The van der Waals surface area contributed by atoms with Gasteiger partial charge in [-0.15, -0.1) is 0 Å². The highest BCUT2D eigenvalue weighted by atomic mass is 16.3. The van der Waals surface area contributed by atoms with Gasteiger partial charge in [0.15, 0.2) is 0 Å². The SMILES string of the molecule is Oc1ccccc1-c1nc(-c2cccc(N(c3cccc4ccccc34)c3nccc4ccccc34)c2)ccc1-c1ccccc1. The lowest BCUT2D eigenvalue weighted by Crippen LogP contribution is -2.12. The van der Waals surface area contributed by atoms with Crippen LogP contribution in [0.5, 0.6) is 5.75 Å². The fraction of sp³-hybridized carbons (Fsp3) is 0. The molecule has 0 aliphatic rings. The standard InChI is InChI=1S/C42H29N3O/c46-40-23-9-8-21-37(40)41-35(30-12-2-1-3-13-30)24-25-38(44-41)32-17-10-18-33(28-32)45(39-22-11-16-29-14-4-6-19-34(29)39)42-36-20-7-5-15-31(36)26-27-43-42/h1-28,46H. The second-order valence-corrected chi connectivity index (χ2v) is 11.2. The molecule has 0 saturated heterocycles. The van der Waals surface area contributed by atoms with Crippen LogP contribution < -0.4 is 4.90 Å². The molecule has 2 heterocycles. The zero-order valence-corrected chi connectivity index (χ0v) is 25.0. The largest absolute Gasteiger partial charge is 0.507 e. The van der Waals surface area contributed by atoms with Crippen LogP contribution >= 0.6 is 0 Å². The van der Waals surface area contributed by atoms with Crippen molar-refractivity contribution in [3.8, 4) is 39.4 Å². The lowest BCUT2D eigenvalue weighted by Gasteiger charge is -2.27. The summed E-state index contributed by atoms with van der Waals surface area (Å²) >= 11 is 0. The van der Waals surface area contributed by atoms with Crippen molar-refractivity contribution in [2.75, 3.05) is 4.90 Å². The van der Waals surface area contributed by atoms with Crippen LogP contribution in [0.4, 0.5) is 17.2 Å². The van der Waals surface area contributed by atoms with Gasteiger partial charge in [0.2, 0.25) is 0 Å². The number of pyridine rings is 2. The van der Waals surface area contributed by atoms with Gasteiger partial charge in [0, 0.05) is 39.3 Å². The molecule has 0 saturated carbocycles. The third kappa shape index (κ3) is 4.92. The summed E-state index contributed by atoms with van der Waals surface area (Å²) in [5, 5.41) is 15.4. The number of nitrogens with zero attached hydrogens (tertiary/aromatic N) is 3. The Morgan fingerprint density at radius 3 is 2.02 bits per heavy atom. The molecule has 0 bridgehead atoms. The highest BCUT2D eigenvalue weighted by Crippen LogP contribution is 2.42. The van der Waals surface area contributed by atoms with Crippen LogP contribution in [0.3, 0.4) is 0 Å². The topological polar surface area (TPSA) is 49.3 Å². The van der Waals surface area contributed by atoms with Gasteiger partial charge in [-0.1, -0.05) is 121 Å². The van der Waals surface area contributed by atoms with Crippen LogP contribution in [0.25, 0.3) is 55.2 Å². The highest BCUT2D eigenvalue weighted by molar-refractivity contribution is 6.03. The van der Waals surface area contributed by atoms with E-state index < -0.39 is 0 Å². The number of anilines is 3. The first kappa shape index (κ1) is 27.3. The Morgan fingerprint density at radius 2 is 1.17 bits per heavy atom. The summed E-state index contributed by atoms with van der Waals surface area (Å²) in [6.07, 6.45) is 1.88. The normalized spacial score (nSPS) is 11.1. The van der Waals surface area contributed by atoms with Crippen molar-refractivity contribution in [3.63, 3.8) is 0 Å². The van der Waals surface area contributed by atoms with Crippen LogP contribution in [0.2, 0.25) is 0 Å². The average molecular weight is 592 g/mol. The minimum Gasteiger partial charge on any atom is -0.507 e. The van der Waals surface area contributed by atoms with Crippen LogP contribution in [0, 0.1) is 0 Å². The van der Waals surface area contributed by atoms with Crippen LogP contribution in [0.15, 0.2) is 170 Å². The monoisotopic (exact) mass is 591 g/mol. The second kappa shape index (κ2) is 11.7. The molecule has 0 aliphatic carbocycles. The average Bonchev–Trinajstić information content (AvgIpc) is 3.12. The number of benzene rings is 6. The fourth-order valence-electron chi connectivity index (χ4n) is 6.21. The predicted molar refractivity (Wildman–Crippen MR) is 190 cm³/mol. The van der Waals surface area contributed by atoms with Gasteiger partial charge in [-0.2, -0.15) is 0 Å². The van der Waals surface area contributed by atoms with Crippen molar-refractivity contribution < 1.29 is 5.11 Å². The molecule has 46 heavy (non-hydrogen) atoms. The molecule has 0 fully saturated rings. The zero-order valence-electron chi connectivity index (χ0n) is 25.0. The van der Waals surface area contributed by atoms with E-state index in [1.165, 1.54) is 0 Å². The maximum Gasteiger partial charge on any atom is 0.145 e. The van der Waals surface area contributed by atoms with Crippen LogP contribution in [0.1, 0.15) is 0 Å². The van der Waals surface area contributed by atoms with Crippen LogP contribution in [-0.4, -0.2) is 15.1 Å². The van der Waals surface area contributed by atoms with Gasteiger partial charge in [-0.3, -0.25) is 4.90 Å². The molecule has 4 nitrogen and oxygen atoms in total. The maximum absolute atomic E-state index is 10.9. The molecule has 1 N–H and O–H groups in total. The number of para-hydroxylation sites is 1. The molecule has 218 valence electrons. The quantitative estimate of drug-likeness (QED) is 0.209. The van der Waals surface area contributed by atoms with E-state index in [9.17, 15) is 5.11 Å². The molecule has 8 aromatic rings. The van der Waals surface area contributed by atoms with Gasteiger partial charge < -0.3 is 5.11 Å². The lowest BCUT2D eigenvalue weighted by molar-refractivity contribution is 0.477. The van der Waals surface area contributed by atoms with Gasteiger partial charge >= 0.3 is 0 Å².